The van der Waals surface area contributed by atoms with Gasteiger partial charge in [-0.1, -0.05) is 51.3 Å². The Morgan fingerprint density at radius 1 is 1.35 bits per heavy atom. The van der Waals surface area contributed by atoms with Gasteiger partial charge in [-0.2, -0.15) is 0 Å². The van der Waals surface area contributed by atoms with Crippen LogP contribution in [0.3, 0.4) is 0 Å². The summed E-state index contributed by atoms with van der Waals surface area (Å²) >= 11 is 15.2. The molecule has 1 unspecified atom stereocenters. The van der Waals surface area contributed by atoms with Crippen molar-refractivity contribution in [2.45, 2.75) is 12.3 Å². The summed E-state index contributed by atoms with van der Waals surface area (Å²) in [5, 5.41) is 10.1. The monoisotopic (exact) mass is 373 g/mol. The van der Waals surface area contributed by atoms with Crippen molar-refractivity contribution >= 4 is 45.1 Å². The van der Waals surface area contributed by atoms with Gasteiger partial charge in [0.1, 0.15) is 5.92 Å². The molecule has 104 valence electrons. The molecular formula is C14H10BrCl2NO2. The van der Waals surface area contributed by atoms with Crippen molar-refractivity contribution in [1.29, 1.82) is 0 Å². The van der Waals surface area contributed by atoms with Gasteiger partial charge in [0, 0.05) is 10.7 Å². The third kappa shape index (κ3) is 3.72. The molecule has 0 amide bonds. The molecule has 0 saturated carbocycles. The number of carbonyl (C=O) groups is 1. The lowest BCUT2D eigenvalue weighted by atomic mass is 9.96. The number of aliphatic carboxylic acids is 1. The molecule has 1 aromatic carbocycles. The van der Waals surface area contributed by atoms with Gasteiger partial charge >= 0.3 is 5.97 Å². The Morgan fingerprint density at radius 2 is 2.10 bits per heavy atom. The normalized spacial score (nSPS) is 12.2. The highest BCUT2D eigenvalue weighted by atomic mass is 79.9. The van der Waals surface area contributed by atoms with Gasteiger partial charge < -0.3 is 5.11 Å². The Kier molecular flexibility index (Phi) is 5.02. The average molecular weight is 375 g/mol. The summed E-state index contributed by atoms with van der Waals surface area (Å²) in [6.45, 7) is 0. The predicted molar refractivity (Wildman–Crippen MR) is 82.5 cm³/mol. The minimum atomic E-state index is -0.971. The first-order valence-electron chi connectivity index (χ1n) is 5.75. The van der Waals surface area contributed by atoms with Crippen LogP contribution in [0.5, 0.6) is 0 Å². The highest BCUT2D eigenvalue weighted by Crippen LogP contribution is 2.28. The second kappa shape index (κ2) is 6.57. The van der Waals surface area contributed by atoms with Crippen LogP contribution in [0, 0.1) is 0 Å². The molecule has 1 N–H and O–H groups in total. The summed E-state index contributed by atoms with van der Waals surface area (Å²) in [5.74, 6) is -1.78. The molecule has 1 aromatic heterocycles. The number of hydrogen-bond donors (Lipinski definition) is 1. The number of benzene rings is 1. The van der Waals surface area contributed by atoms with Gasteiger partial charge in [0.2, 0.25) is 0 Å². The number of aromatic nitrogens is 1. The lowest BCUT2D eigenvalue weighted by molar-refractivity contribution is -0.138. The minimum Gasteiger partial charge on any atom is -0.481 e. The van der Waals surface area contributed by atoms with Crippen molar-refractivity contribution in [2.75, 3.05) is 0 Å². The number of hydrogen-bond acceptors (Lipinski definition) is 2. The molecule has 2 aromatic rings. The molecule has 3 nitrogen and oxygen atoms in total. The third-order valence-corrected chi connectivity index (χ3v) is 3.80. The first-order valence-corrected chi connectivity index (χ1v) is 7.30. The van der Waals surface area contributed by atoms with Crippen molar-refractivity contribution in [1.82, 2.24) is 4.98 Å². The molecule has 2 rings (SSSR count). The van der Waals surface area contributed by atoms with Crippen molar-refractivity contribution in [3.05, 3.63) is 62.3 Å². The minimum absolute atomic E-state index is 0.264. The van der Waals surface area contributed by atoms with E-state index in [2.05, 4.69) is 20.9 Å². The number of carboxylic acid groups (broad SMARTS) is 1. The lowest BCUT2D eigenvalue weighted by Gasteiger charge is -2.13. The van der Waals surface area contributed by atoms with E-state index in [-0.39, 0.29) is 5.02 Å². The molecule has 0 radical (unpaired) electrons. The maximum Gasteiger partial charge on any atom is 0.312 e. The zero-order valence-electron chi connectivity index (χ0n) is 10.2. The van der Waals surface area contributed by atoms with Gasteiger partial charge in [0.15, 0.2) is 0 Å². The first kappa shape index (κ1) is 15.3. The van der Waals surface area contributed by atoms with Crippen molar-refractivity contribution in [3.63, 3.8) is 0 Å². The van der Waals surface area contributed by atoms with Crippen LogP contribution in [-0.4, -0.2) is 16.1 Å². The van der Waals surface area contributed by atoms with E-state index in [4.69, 9.17) is 23.2 Å². The Labute approximate surface area is 134 Å². The molecule has 0 saturated heterocycles. The lowest BCUT2D eigenvalue weighted by Crippen LogP contribution is -2.16. The quantitative estimate of drug-likeness (QED) is 0.853. The van der Waals surface area contributed by atoms with E-state index in [1.807, 2.05) is 24.3 Å². The Bertz CT molecular complexity index is 649. The third-order valence-electron chi connectivity index (χ3n) is 2.79. The highest BCUT2D eigenvalue weighted by Gasteiger charge is 2.24. The van der Waals surface area contributed by atoms with E-state index >= 15 is 0 Å². The summed E-state index contributed by atoms with van der Waals surface area (Å²) in [4.78, 5) is 15.5. The van der Waals surface area contributed by atoms with Crippen LogP contribution in [0.25, 0.3) is 0 Å². The van der Waals surface area contributed by atoms with E-state index in [1.54, 1.807) is 0 Å². The molecule has 1 atom stereocenters. The van der Waals surface area contributed by atoms with E-state index < -0.39 is 11.9 Å². The molecule has 0 aliphatic rings. The number of pyridine rings is 1. The number of halogens is 3. The first-order chi connectivity index (χ1) is 9.47. The van der Waals surface area contributed by atoms with Gasteiger partial charge in [-0.25, -0.2) is 0 Å². The van der Waals surface area contributed by atoms with Gasteiger partial charge in [0.25, 0.3) is 0 Å². The molecule has 0 bridgehead atoms. The van der Waals surface area contributed by atoms with Crippen LogP contribution in [0.4, 0.5) is 0 Å². The molecule has 6 heteroatoms. The second-order valence-corrected chi connectivity index (χ2v) is 6.00. The summed E-state index contributed by atoms with van der Waals surface area (Å²) in [5.41, 5.74) is 1.21. The number of rotatable bonds is 4. The molecule has 0 fully saturated rings. The largest absolute Gasteiger partial charge is 0.481 e. The van der Waals surface area contributed by atoms with E-state index in [0.29, 0.717) is 17.1 Å². The van der Waals surface area contributed by atoms with Crippen LogP contribution in [0.15, 0.2) is 41.0 Å². The average Bonchev–Trinajstić information content (AvgIpc) is 2.36. The van der Waals surface area contributed by atoms with E-state index in [9.17, 15) is 9.90 Å². The molecule has 20 heavy (non-hydrogen) atoms. The van der Waals surface area contributed by atoms with Crippen LogP contribution in [0.1, 0.15) is 17.2 Å². The van der Waals surface area contributed by atoms with Crippen molar-refractivity contribution in [3.8, 4) is 0 Å². The predicted octanol–water partition coefficient (Wildman–Crippen LogP) is 4.56. The Hall–Kier alpha value is -1.10. The van der Waals surface area contributed by atoms with Crippen molar-refractivity contribution < 1.29 is 9.90 Å². The van der Waals surface area contributed by atoms with E-state index in [1.165, 1.54) is 12.3 Å². The fourth-order valence-electron chi connectivity index (χ4n) is 1.88. The standard InChI is InChI=1S/C14H10BrCl2NO2/c15-9-3-1-2-8(4-9)5-11(14(19)20)13-12(17)6-10(16)7-18-13/h1-4,6-7,11H,5H2,(H,19,20). The van der Waals surface area contributed by atoms with Crippen LogP contribution >= 0.6 is 39.1 Å². The fraction of sp³-hybridized carbons (Fsp3) is 0.143. The van der Waals surface area contributed by atoms with Crippen molar-refractivity contribution in [2.24, 2.45) is 0 Å². The maximum absolute atomic E-state index is 11.5. The van der Waals surface area contributed by atoms with Gasteiger partial charge in [-0.05, 0) is 30.2 Å². The molecule has 0 aliphatic heterocycles. The Morgan fingerprint density at radius 3 is 2.70 bits per heavy atom. The topological polar surface area (TPSA) is 50.2 Å². The Balaban J connectivity index is 2.34. The SMILES string of the molecule is O=C(O)C(Cc1cccc(Br)c1)c1ncc(Cl)cc1Cl. The molecular weight excluding hydrogens is 365 g/mol. The summed E-state index contributed by atoms with van der Waals surface area (Å²) in [6.07, 6.45) is 1.71. The van der Waals surface area contributed by atoms with E-state index in [0.717, 1.165) is 10.0 Å². The molecule has 0 aliphatic carbocycles. The highest BCUT2D eigenvalue weighted by molar-refractivity contribution is 9.10. The second-order valence-electron chi connectivity index (χ2n) is 4.25. The zero-order chi connectivity index (χ0) is 14.7. The van der Waals surface area contributed by atoms with Crippen LogP contribution in [-0.2, 0) is 11.2 Å². The number of carboxylic acids is 1. The van der Waals surface area contributed by atoms with Gasteiger partial charge in [0.05, 0.1) is 15.7 Å². The summed E-state index contributed by atoms with van der Waals surface area (Å²) in [6, 6.07) is 8.98. The molecule has 1 heterocycles. The summed E-state index contributed by atoms with van der Waals surface area (Å²) < 4.78 is 0.898. The maximum atomic E-state index is 11.5. The fourth-order valence-corrected chi connectivity index (χ4v) is 2.84. The van der Waals surface area contributed by atoms with Crippen LogP contribution in [0.2, 0.25) is 10.0 Å². The van der Waals surface area contributed by atoms with Crippen LogP contribution < -0.4 is 0 Å². The smallest absolute Gasteiger partial charge is 0.312 e. The molecule has 0 spiro atoms. The zero-order valence-corrected chi connectivity index (χ0v) is 13.3. The van der Waals surface area contributed by atoms with Gasteiger partial charge in [-0.3, -0.25) is 9.78 Å². The summed E-state index contributed by atoms with van der Waals surface area (Å²) in [7, 11) is 0. The number of nitrogens with zero attached hydrogens (tertiary/aromatic N) is 1. The van der Waals surface area contributed by atoms with Gasteiger partial charge in [-0.15, -0.1) is 0 Å².